The summed E-state index contributed by atoms with van der Waals surface area (Å²) in [5, 5.41) is 17.9. The van der Waals surface area contributed by atoms with E-state index in [4.69, 9.17) is 5.11 Å². The number of likely N-dealkylation sites (N-methyl/N-ethyl adjacent to an activating group) is 1. The van der Waals surface area contributed by atoms with Gasteiger partial charge in [-0.3, -0.25) is 4.79 Å². The second kappa shape index (κ2) is 12.4. The molecule has 45 heavy (non-hydrogen) atoms. The molecule has 0 unspecified atom stereocenters. The maximum atomic E-state index is 11.1. The van der Waals surface area contributed by atoms with E-state index in [-0.39, 0.29) is 16.6 Å². The zero-order valence-electron chi connectivity index (χ0n) is 26.6. The third-order valence-corrected chi connectivity index (χ3v) is 12.5. The number of benzene rings is 2. The van der Waals surface area contributed by atoms with E-state index in [1.165, 1.54) is 73.1 Å². The average Bonchev–Trinajstić information content (AvgIpc) is 3.61. The first-order valence-electron chi connectivity index (χ1n) is 15.2. The van der Waals surface area contributed by atoms with Crippen molar-refractivity contribution in [3.8, 4) is 0 Å². The van der Waals surface area contributed by atoms with Gasteiger partial charge in [0.25, 0.3) is 0 Å². The number of carboxylic acid groups (broad SMARTS) is 1. The third kappa shape index (κ3) is 5.98. The van der Waals surface area contributed by atoms with Crippen molar-refractivity contribution in [3.05, 3.63) is 106 Å². The number of aliphatic carboxylic acids is 1. The lowest BCUT2D eigenvalue weighted by Gasteiger charge is -2.25. The van der Waals surface area contributed by atoms with E-state index < -0.39 is 5.97 Å². The molecule has 9 heteroatoms. The van der Waals surface area contributed by atoms with Gasteiger partial charge in [-0.1, -0.05) is 97.3 Å². The zero-order chi connectivity index (χ0) is 31.9. The van der Waals surface area contributed by atoms with Gasteiger partial charge in [0, 0.05) is 46.5 Å². The Balaban J connectivity index is 1.39. The Hall–Kier alpha value is -3.40. The number of thioether (sulfide) groups is 2. The summed E-state index contributed by atoms with van der Waals surface area (Å²) in [6.07, 6.45) is 12.3. The zero-order valence-corrected chi connectivity index (χ0v) is 29.1. The first-order chi connectivity index (χ1) is 21.5. The van der Waals surface area contributed by atoms with Gasteiger partial charge < -0.3 is 10.0 Å². The van der Waals surface area contributed by atoms with Crippen LogP contribution < -0.4 is 4.90 Å². The van der Waals surface area contributed by atoms with Gasteiger partial charge in [-0.25, -0.2) is 0 Å². The largest absolute Gasteiger partial charge is 0.481 e. The Labute approximate surface area is 278 Å². The molecule has 232 valence electrons. The Bertz CT molecular complexity index is 1830. The number of para-hydroxylation sites is 2. The monoisotopic (exact) mass is 655 g/mol. The summed E-state index contributed by atoms with van der Waals surface area (Å²) in [5.74, 6) is -0.878. The van der Waals surface area contributed by atoms with Gasteiger partial charge in [-0.2, -0.15) is 4.58 Å². The van der Waals surface area contributed by atoms with Crippen LogP contribution in [0.3, 0.4) is 0 Å². The number of carboxylic acids is 1. The van der Waals surface area contributed by atoms with E-state index in [0.29, 0.717) is 4.34 Å². The first kappa shape index (κ1) is 31.6. The van der Waals surface area contributed by atoms with Crippen molar-refractivity contribution >= 4 is 57.9 Å². The summed E-state index contributed by atoms with van der Waals surface area (Å²) in [5.41, 5.74) is 10.1. The van der Waals surface area contributed by atoms with Gasteiger partial charge in [-0.05, 0) is 62.0 Å². The van der Waals surface area contributed by atoms with Crippen LogP contribution in [0.5, 0.6) is 0 Å². The number of allylic oxidation sites excluding steroid dienone is 7. The molecule has 1 aliphatic carbocycles. The van der Waals surface area contributed by atoms with Crippen LogP contribution in [0.15, 0.2) is 103 Å². The van der Waals surface area contributed by atoms with Crippen molar-refractivity contribution in [1.29, 1.82) is 0 Å². The quantitative estimate of drug-likeness (QED) is 0.192. The summed E-state index contributed by atoms with van der Waals surface area (Å²) in [6.45, 7) is 9.19. The molecule has 0 saturated carbocycles. The molecular formula is C36H39N4O2S3+. The molecule has 0 amide bonds. The molecule has 1 N–H and O–H groups in total. The molecule has 6 nitrogen and oxygen atoms in total. The Kier molecular flexibility index (Phi) is 8.71. The molecule has 0 saturated heterocycles. The summed E-state index contributed by atoms with van der Waals surface area (Å²) < 4.78 is 3.82. The highest BCUT2D eigenvalue weighted by Gasteiger charge is 2.42. The summed E-state index contributed by atoms with van der Waals surface area (Å²) in [6, 6.07) is 17.3. The maximum absolute atomic E-state index is 11.1. The van der Waals surface area contributed by atoms with Gasteiger partial charge >= 0.3 is 5.97 Å². The third-order valence-electron chi connectivity index (χ3n) is 9.14. The van der Waals surface area contributed by atoms with E-state index in [0.717, 1.165) is 23.6 Å². The van der Waals surface area contributed by atoms with Gasteiger partial charge in [0.05, 0.1) is 11.2 Å². The fourth-order valence-corrected chi connectivity index (χ4v) is 9.80. The minimum atomic E-state index is -0.855. The van der Waals surface area contributed by atoms with Crippen LogP contribution >= 0.6 is 34.9 Å². The highest BCUT2D eigenvalue weighted by atomic mass is 32.2. The van der Waals surface area contributed by atoms with Crippen molar-refractivity contribution in [2.45, 2.75) is 66.5 Å². The highest BCUT2D eigenvalue weighted by molar-refractivity contribution is 8.06. The molecule has 0 atom stereocenters. The Morgan fingerprint density at radius 2 is 1.69 bits per heavy atom. The molecule has 3 heterocycles. The predicted octanol–water partition coefficient (Wildman–Crippen LogP) is 8.75. The molecule has 3 aromatic rings. The van der Waals surface area contributed by atoms with Crippen LogP contribution in [-0.2, 0) is 15.6 Å². The number of hydrogen-bond donors (Lipinski definition) is 1. The van der Waals surface area contributed by atoms with E-state index in [1.54, 1.807) is 11.8 Å². The van der Waals surface area contributed by atoms with Crippen LogP contribution in [0.1, 0.15) is 58.1 Å². The second-order valence-corrected chi connectivity index (χ2v) is 16.1. The topological polar surface area (TPSA) is 69.3 Å². The van der Waals surface area contributed by atoms with Gasteiger partial charge in [0.15, 0.2) is 14.4 Å². The van der Waals surface area contributed by atoms with Crippen molar-refractivity contribution in [2.24, 2.45) is 0 Å². The minimum absolute atomic E-state index is 0.0231. The van der Waals surface area contributed by atoms with Crippen LogP contribution in [-0.4, -0.2) is 51.4 Å². The molecule has 0 spiro atoms. The second-order valence-electron chi connectivity index (χ2n) is 12.7. The summed E-state index contributed by atoms with van der Waals surface area (Å²) in [4.78, 5) is 14.7. The lowest BCUT2D eigenvalue weighted by molar-refractivity contribution is -0.401. The molecule has 0 fully saturated rings. The number of fused-ring (bicyclic) bond motifs is 2. The normalized spacial score (nSPS) is 20.5. The predicted molar refractivity (Wildman–Crippen MR) is 188 cm³/mol. The lowest BCUT2D eigenvalue weighted by atomic mass is 9.81. The highest BCUT2D eigenvalue weighted by Crippen LogP contribution is 2.48. The van der Waals surface area contributed by atoms with Crippen molar-refractivity contribution < 1.29 is 14.5 Å². The van der Waals surface area contributed by atoms with Crippen LogP contribution in [0.25, 0.3) is 0 Å². The van der Waals surface area contributed by atoms with E-state index in [9.17, 15) is 4.79 Å². The Morgan fingerprint density at radius 1 is 0.978 bits per heavy atom. The molecule has 1 aromatic heterocycles. The van der Waals surface area contributed by atoms with Gasteiger partial charge in [0.1, 0.15) is 7.05 Å². The molecule has 6 rings (SSSR count). The summed E-state index contributed by atoms with van der Waals surface area (Å²) in [7, 11) is 4.32. The standard InChI is InChI=1S/C36H38N4O2S3/c1-35(2)25-14-7-9-16-27(25)39(5)29(35)20-18-23-12-11-13-24(32(23)44-34-38-37-33(45-34)43-22-31(41)42)19-21-30-36(3,4)26-15-8-10-17-28(26)40(30)6/h7-10,14-21H,11-13,22H2,1-6H3/p+1. The van der Waals surface area contributed by atoms with E-state index in [1.807, 2.05) is 0 Å². The summed E-state index contributed by atoms with van der Waals surface area (Å²) >= 11 is 4.33. The molecule has 0 bridgehead atoms. The van der Waals surface area contributed by atoms with Crippen molar-refractivity contribution in [3.63, 3.8) is 0 Å². The molecular weight excluding hydrogens is 617 g/mol. The maximum Gasteiger partial charge on any atom is 0.313 e. The lowest BCUT2D eigenvalue weighted by Crippen LogP contribution is -2.26. The number of anilines is 1. The smallest absolute Gasteiger partial charge is 0.313 e. The fraction of sp³-hybridized carbons (Fsp3) is 0.333. The number of nitrogens with zero attached hydrogens (tertiary/aromatic N) is 4. The van der Waals surface area contributed by atoms with E-state index >= 15 is 0 Å². The van der Waals surface area contributed by atoms with Crippen molar-refractivity contribution in [2.75, 3.05) is 24.7 Å². The van der Waals surface area contributed by atoms with E-state index in [2.05, 4.69) is 134 Å². The molecule has 0 radical (unpaired) electrons. The van der Waals surface area contributed by atoms with Crippen LogP contribution in [0.4, 0.5) is 11.4 Å². The van der Waals surface area contributed by atoms with Gasteiger partial charge in [0.2, 0.25) is 5.69 Å². The molecule has 3 aliphatic rings. The molecule has 2 aliphatic heterocycles. The van der Waals surface area contributed by atoms with Crippen molar-refractivity contribution in [1.82, 2.24) is 10.2 Å². The molecule has 2 aromatic carbocycles. The fourth-order valence-electron chi connectivity index (χ4n) is 6.82. The van der Waals surface area contributed by atoms with Crippen LogP contribution in [0, 0.1) is 0 Å². The average molecular weight is 656 g/mol. The number of hydrogen-bond acceptors (Lipinski definition) is 7. The van der Waals surface area contributed by atoms with Crippen LogP contribution in [0.2, 0.25) is 0 Å². The minimum Gasteiger partial charge on any atom is -0.481 e. The van der Waals surface area contributed by atoms with Gasteiger partial charge in [-0.15, -0.1) is 10.2 Å². The SMILES string of the molecule is CN1C(=CC=C2CCCC(C=CC3=[N+](C)c4ccccc4C3(C)C)=C2Sc2nnc(SCC(=O)O)s2)C(C)(C)c2ccccc21. The number of aromatic nitrogens is 2. The first-order valence-corrected chi connectivity index (χ1v) is 17.8. The number of carbonyl (C=O) groups is 1. The number of rotatable bonds is 8. The Morgan fingerprint density at radius 3 is 2.42 bits per heavy atom.